The van der Waals surface area contributed by atoms with Crippen LogP contribution in [0.3, 0.4) is 0 Å². The highest BCUT2D eigenvalue weighted by Crippen LogP contribution is 2.22. The Morgan fingerprint density at radius 1 is 1.56 bits per heavy atom. The van der Waals surface area contributed by atoms with E-state index in [0.29, 0.717) is 11.1 Å². The number of likely N-dealkylation sites (N-methyl/N-ethyl adjacent to an activating group) is 1. The predicted molar refractivity (Wildman–Crippen MR) is 73.2 cm³/mol. The van der Waals surface area contributed by atoms with Gasteiger partial charge in [0.25, 0.3) is 0 Å². The Balaban J connectivity index is 2.43. The number of hydrogen-bond acceptors (Lipinski definition) is 3. The first-order valence-electron chi connectivity index (χ1n) is 5.26. The van der Waals surface area contributed by atoms with Crippen LogP contribution in [0.4, 0.5) is 5.82 Å². The second-order valence-electron chi connectivity index (χ2n) is 3.99. The van der Waals surface area contributed by atoms with Gasteiger partial charge in [0, 0.05) is 25.3 Å². The maximum atomic E-state index is 5.81. The maximum absolute atomic E-state index is 5.81. The highest BCUT2D eigenvalue weighted by atomic mass is 79.9. The van der Waals surface area contributed by atoms with Gasteiger partial charge in [-0.1, -0.05) is 11.6 Å². The zero-order chi connectivity index (χ0) is 12.1. The molecule has 0 unspecified atom stereocenters. The Bertz CT molecular complexity index is 344. The summed E-state index contributed by atoms with van der Waals surface area (Å²) in [7, 11) is 2.11. The zero-order valence-corrected chi connectivity index (χ0v) is 12.1. The number of anilines is 1. The second-order valence-corrected chi connectivity index (χ2v) is 5.28. The molecule has 0 spiro atoms. The Hall–Kier alpha value is -0.320. The molecule has 0 aliphatic heterocycles. The average molecular weight is 307 g/mol. The van der Waals surface area contributed by atoms with Gasteiger partial charge in [0.05, 0.1) is 9.50 Å². The molecule has 1 rings (SSSR count). The SMILES string of the molecule is CC(C)N(C)CCNc1ncc(Cl)cc1Br. The van der Waals surface area contributed by atoms with Crippen molar-refractivity contribution in [3.63, 3.8) is 0 Å². The van der Waals surface area contributed by atoms with Gasteiger partial charge in [-0.15, -0.1) is 0 Å². The molecular formula is C11H17BrClN3. The average Bonchev–Trinajstić information content (AvgIpc) is 2.20. The molecule has 3 nitrogen and oxygen atoms in total. The minimum atomic E-state index is 0.559. The highest BCUT2D eigenvalue weighted by molar-refractivity contribution is 9.10. The molecule has 0 aliphatic rings. The van der Waals surface area contributed by atoms with E-state index in [2.05, 4.69) is 52.0 Å². The van der Waals surface area contributed by atoms with E-state index in [9.17, 15) is 0 Å². The van der Waals surface area contributed by atoms with Crippen LogP contribution in [0.5, 0.6) is 0 Å². The molecule has 0 atom stereocenters. The number of aromatic nitrogens is 1. The molecule has 0 aromatic carbocycles. The number of halogens is 2. The van der Waals surface area contributed by atoms with E-state index in [1.165, 1.54) is 0 Å². The Kier molecular flexibility index (Phi) is 5.52. The second kappa shape index (κ2) is 6.42. The fourth-order valence-electron chi connectivity index (χ4n) is 1.15. The zero-order valence-electron chi connectivity index (χ0n) is 9.80. The first kappa shape index (κ1) is 13.7. The number of pyridine rings is 1. The molecule has 0 bridgehead atoms. The lowest BCUT2D eigenvalue weighted by atomic mass is 10.3. The van der Waals surface area contributed by atoms with Crippen LogP contribution in [-0.2, 0) is 0 Å². The van der Waals surface area contributed by atoms with Gasteiger partial charge in [0.15, 0.2) is 0 Å². The van der Waals surface area contributed by atoms with E-state index in [1.807, 2.05) is 6.07 Å². The monoisotopic (exact) mass is 305 g/mol. The lowest BCUT2D eigenvalue weighted by molar-refractivity contribution is 0.284. The van der Waals surface area contributed by atoms with Gasteiger partial charge in [-0.2, -0.15) is 0 Å². The molecule has 1 heterocycles. The first-order valence-corrected chi connectivity index (χ1v) is 6.43. The van der Waals surface area contributed by atoms with Crippen LogP contribution in [0.1, 0.15) is 13.8 Å². The lowest BCUT2D eigenvalue weighted by Crippen LogP contribution is -2.31. The topological polar surface area (TPSA) is 28.2 Å². The Labute approximate surface area is 110 Å². The van der Waals surface area contributed by atoms with Gasteiger partial charge < -0.3 is 10.2 Å². The molecule has 0 saturated carbocycles. The molecule has 0 amide bonds. The minimum absolute atomic E-state index is 0.559. The van der Waals surface area contributed by atoms with E-state index in [1.54, 1.807) is 6.20 Å². The van der Waals surface area contributed by atoms with Crippen LogP contribution in [0.25, 0.3) is 0 Å². The summed E-state index contributed by atoms with van der Waals surface area (Å²) in [5, 5.41) is 3.90. The van der Waals surface area contributed by atoms with Crippen molar-refractivity contribution in [1.29, 1.82) is 0 Å². The fraction of sp³-hybridized carbons (Fsp3) is 0.545. The van der Waals surface area contributed by atoms with Gasteiger partial charge in [0.1, 0.15) is 5.82 Å². The summed E-state index contributed by atoms with van der Waals surface area (Å²) in [6, 6.07) is 2.40. The summed E-state index contributed by atoms with van der Waals surface area (Å²) in [5.74, 6) is 0.835. The van der Waals surface area contributed by atoms with Crippen molar-refractivity contribution in [1.82, 2.24) is 9.88 Å². The molecule has 5 heteroatoms. The number of rotatable bonds is 5. The summed E-state index contributed by atoms with van der Waals surface area (Å²) in [6.07, 6.45) is 1.64. The third-order valence-electron chi connectivity index (χ3n) is 2.45. The quantitative estimate of drug-likeness (QED) is 0.905. The van der Waals surface area contributed by atoms with E-state index in [0.717, 1.165) is 23.4 Å². The maximum Gasteiger partial charge on any atom is 0.140 e. The Morgan fingerprint density at radius 3 is 2.81 bits per heavy atom. The molecule has 16 heavy (non-hydrogen) atoms. The first-order chi connectivity index (χ1) is 7.50. The summed E-state index contributed by atoms with van der Waals surface area (Å²) in [5.41, 5.74) is 0. The van der Waals surface area contributed by atoms with Gasteiger partial charge in [-0.05, 0) is 42.9 Å². The molecule has 0 fully saturated rings. The number of hydrogen-bond donors (Lipinski definition) is 1. The summed E-state index contributed by atoms with van der Waals surface area (Å²) >= 11 is 9.23. The third kappa shape index (κ3) is 4.28. The van der Waals surface area contributed by atoms with Crippen LogP contribution in [0.2, 0.25) is 5.02 Å². The van der Waals surface area contributed by atoms with Crippen LogP contribution in [0.15, 0.2) is 16.7 Å². The van der Waals surface area contributed by atoms with E-state index < -0.39 is 0 Å². The molecule has 0 saturated heterocycles. The largest absolute Gasteiger partial charge is 0.368 e. The molecular weight excluding hydrogens is 289 g/mol. The standard InChI is InChI=1S/C11H17BrClN3/c1-8(2)16(3)5-4-14-11-10(12)6-9(13)7-15-11/h6-8H,4-5H2,1-3H3,(H,14,15). The van der Waals surface area contributed by atoms with Gasteiger partial charge in [-0.25, -0.2) is 4.98 Å². The van der Waals surface area contributed by atoms with Crippen molar-refractivity contribution in [3.05, 3.63) is 21.8 Å². The number of nitrogens with one attached hydrogen (secondary N) is 1. The molecule has 90 valence electrons. The molecule has 1 aromatic rings. The van der Waals surface area contributed by atoms with Crippen LogP contribution in [0, 0.1) is 0 Å². The van der Waals surface area contributed by atoms with Crippen molar-refractivity contribution in [2.45, 2.75) is 19.9 Å². The fourth-order valence-corrected chi connectivity index (χ4v) is 1.93. The van der Waals surface area contributed by atoms with Crippen molar-refractivity contribution < 1.29 is 0 Å². The van der Waals surface area contributed by atoms with Crippen molar-refractivity contribution in [3.8, 4) is 0 Å². The van der Waals surface area contributed by atoms with Crippen molar-refractivity contribution in [2.75, 3.05) is 25.5 Å². The molecule has 0 aliphatic carbocycles. The van der Waals surface area contributed by atoms with Crippen LogP contribution < -0.4 is 5.32 Å². The number of nitrogens with zero attached hydrogens (tertiary/aromatic N) is 2. The van der Waals surface area contributed by atoms with Crippen molar-refractivity contribution in [2.24, 2.45) is 0 Å². The normalized spacial score (nSPS) is 11.2. The van der Waals surface area contributed by atoms with Crippen LogP contribution in [-0.4, -0.2) is 36.1 Å². The molecule has 0 radical (unpaired) electrons. The Morgan fingerprint density at radius 2 is 2.25 bits per heavy atom. The lowest BCUT2D eigenvalue weighted by Gasteiger charge is -2.21. The predicted octanol–water partition coefficient (Wildman–Crippen LogP) is 3.25. The van der Waals surface area contributed by atoms with Gasteiger partial charge in [-0.3, -0.25) is 0 Å². The van der Waals surface area contributed by atoms with Crippen LogP contribution >= 0.6 is 27.5 Å². The van der Waals surface area contributed by atoms with E-state index >= 15 is 0 Å². The third-order valence-corrected chi connectivity index (χ3v) is 3.26. The molecule has 1 N–H and O–H groups in total. The molecule has 1 aromatic heterocycles. The summed E-state index contributed by atoms with van der Waals surface area (Å²) in [4.78, 5) is 6.49. The van der Waals surface area contributed by atoms with Crippen molar-refractivity contribution >= 4 is 33.3 Å². The van der Waals surface area contributed by atoms with E-state index in [-0.39, 0.29) is 0 Å². The highest BCUT2D eigenvalue weighted by Gasteiger charge is 2.04. The summed E-state index contributed by atoms with van der Waals surface area (Å²) in [6.45, 7) is 6.20. The minimum Gasteiger partial charge on any atom is -0.368 e. The smallest absolute Gasteiger partial charge is 0.140 e. The van der Waals surface area contributed by atoms with Gasteiger partial charge in [0.2, 0.25) is 0 Å². The van der Waals surface area contributed by atoms with E-state index in [4.69, 9.17) is 11.6 Å². The van der Waals surface area contributed by atoms with Gasteiger partial charge >= 0.3 is 0 Å². The summed E-state index contributed by atoms with van der Waals surface area (Å²) < 4.78 is 0.896.